The molecule has 1 heterocycles. The van der Waals surface area contributed by atoms with E-state index in [1.165, 1.54) is 11.8 Å². The van der Waals surface area contributed by atoms with E-state index in [-0.39, 0.29) is 11.7 Å². The second kappa shape index (κ2) is 7.86. The minimum atomic E-state index is -0.0722. The molecule has 0 saturated heterocycles. The fourth-order valence-corrected chi connectivity index (χ4v) is 3.83. The Balaban J connectivity index is 1.47. The molecule has 0 aliphatic rings. The summed E-state index contributed by atoms with van der Waals surface area (Å²) in [6, 6.07) is 21.4. The van der Waals surface area contributed by atoms with E-state index in [2.05, 4.69) is 10.3 Å². The Kier molecular flexibility index (Phi) is 5.14. The van der Waals surface area contributed by atoms with Gasteiger partial charge in [0.25, 0.3) is 0 Å². The van der Waals surface area contributed by atoms with Gasteiger partial charge in [-0.3, -0.25) is 9.36 Å². The lowest BCUT2D eigenvalue weighted by molar-refractivity contribution is -0.113. The predicted molar refractivity (Wildman–Crippen MR) is 112 cm³/mol. The Morgan fingerprint density at radius 2 is 1.89 bits per heavy atom. The molecule has 3 aromatic carbocycles. The molecule has 134 valence electrons. The topological polar surface area (TPSA) is 46.9 Å². The minimum Gasteiger partial charge on any atom is -0.325 e. The lowest BCUT2D eigenvalue weighted by Crippen LogP contribution is -2.14. The van der Waals surface area contributed by atoms with Crippen molar-refractivity contribution in [3.63, 3.8) is 0 Å². The molecule has 0 aliphatic heterocycles. The van der Waals surface area contributed by atoms with Gasteiger partial charge in [0.2, 0.25) is 5.91 Å². The molecule has 0 aliphatic carbocycles. The summed E-state index contributed by atoms with van der Waals surface area (Å²) in [6.07, 6.45) is 3.57. The van der Waals surface area contributed by atoms with Crippen LogP contribution in [0, 0.1) is 0 Å². The number of imidazole rings is 1. The van der Waals surface area contributed by atoms with E-state index in [9.17, 15) is 4.79 Å². The summed E-state index contributed by atoms with van der Waals surface area (Å²) in [6.45, 7) is 0. The van der Waals surface area contributed by atoms with Crippen molar-refractivity contribution in [2.45, 2.75) is 5.16 Å². The standard InChI is InChI=1S/C21H16ClN3OS/c22-16-7-4-8-17(13-16)25-12-11-23-21(25)27-14-20(26)24-19-10-3-6-15-5-1-2-9-18(15)19/h1-13H,14H2,(H,24,26). The molecule has 0 saturated carbocycles. The molecule has 27 heavy (non-hydrogen) atoms. The second-order valence-electron chi connectivity index (χ2n) is 5.92. The lowest BCUT2D eigenvalue weighted by Gasteiger charge is -2.10. The van der Waals surface area contributed by atoms with Crippen LogP contribution in [0.5, 0.6) is 0 Å². The van der Waals surface area contributed by atoms with E-state index in [1.54, 1.807) is 6.20 Å². The van der Waals surface area contributed by atoms with Crippen molar-refractivity contribution < 1.29 is 4.79 Å². The zero-order valence-corrected chi connectivity index (χ0v) is 15.9. The van der Waals surface area contributed by atoms with Gasteiger partial charge in [-0.15, -0.1) is 0 Å². The van der Waals surface area contributed by atoms with Gasteiger partial charge in [-0.05, 0) is 29.7 Å². The number of rotatable bonds is 5. The molecular weight excluding hydrogens is 378 g/mol. The van der Waals surface area contributed by atoms with Gasteiger partial charge in [0.1, 0.15) is 0 Å². The van der Waals surface area contributed by atoms with Crippen LogP contribution in [0.2, 0.25) is 5.02 Å². The van der Waals surface area contributed by atoms with Crippen LogP contribution in [0.25, 0.3) is 16.5 Å². The van der Waals surface area contributed by atoms with Crippen LogP contribution in [-0.2, 0) is 4.79 Å². The number of aromatic nitrogens is 2. The van der Waals surface area contributed by atoms with Gasteiger partial charge in [-0.25, -0.2) is 4.98 Å². The number of benzene rings is 3. The third-order valence-electron chi connectivity index (χ3n) is 4.09. The first kappa shape index (κ1) is 17.6. The number of hydrogen-bond donors (Lipinski definition) is 1. The van der Waals surface area contributed by atoms with E-state index >= 15 is 0 Å². The third kappa shape index (κ3) is 3.99. The monoisotopic (exact) mass is 393 g/mol. The fraction of sp³-hybridized carbons (Fsp3) is 0.0476. The van der Waals surface area contributed by atoms with Crippen molar-refractivity contribution in [3.8, 4) is 5.69 Å². The number of fused-ring (bicyclic) bond motifs is 1. The van der Waals surface area contributed by atoms with Crippen LogP contribution in [0.4, 0.5) is 5.69 Å². The van der Waals surface area contributed by atoms with Crippen LogP contribution in [0.15, 0.2) is 84.3 Å². The largest absolute Gasteiger partial charge is 0.325 e. The van der Waals surface area contributed by atoms with Crippen molar-refractivity contribution >= 4 is 45.7 Å². The average molecular weight is 394 g/mol. The molecule has 4 aromatic rings. The van der Waals surface area contributed by atoms with Crippen LogP contribution in [0.1, 0.15) is 0 Å². The Hall–Kier alpha value is -2.76. The maximum Gasteiger partial charge on any atom is 0.234 e. The van der Waals surface area contributed by atoms with Crippen molar-refractivity contribution in [3.05, 3.63) is 84.1 Å². The number of halogens is 1. The van der Waals surface area contributed by atoms with Gasteiger partial charge in [-0.1, -0.05) is 65.8 Å². The maximum absolute atomic E-state index is 12.5. The molecule has 0 bridgehead atoms. The first-order chi connectivity index (χ1) is 13.2. The van der Waals surface area contributed by atoms with E-state index < -0.39 is 0 Å². The summed E-state index contributed by atoms with van der Waals surface area (Å²) >= 11 is 7.46. The number of hydrogen-bond acceptors (Lipinski definition) is 3. The first-order valence-electron chi connectivity index (χ1n) is 8.40. The van der Waals surface area contributed by atoms with E-state index in [0.29, 0.717) is 5.02 Å². The number of carbonyl (C=O) groups excluding carboxylic acids is 1. The van der Waals surface area contributed by atoms with E-state index in [0.717, 1.165) is 27.3 Å². The van der Waals surface area contributed by atoms with Crippen LogP contribution in [-0.4, -0.2) is 21.2 Å². The average Bonchev–Trinajstić information content (AvgIpc) is 3.15. The molecule has 0 radical (unpaired) electrons. The molecule has 6 heteroatoms. The van der Waals surface area contributed by atoms with Gasteiger partial charge >= 0.3 is 0 Å². The number of nitrogens with one attached hydrogen (secondary N) is 1. The Bertz CT molecular complexity index is 1100. The highest BCUT2D eigenvalue weighted by Gasteiger charge is 2.11. The predicted octanol–water partition coefficient (Wildman–Crippen LogP) is 5.41. The smallest absolute Gasteiger partial charge is 0.234 e. The number of nitrogens with zero attached hydrogens (tertiary/aromatic N) is 2. The highest BCUT2D eigenvalue weighted by Crippen LogP contribution is 2.25. The lowest BCUT2D eigenvalue weighted by atomic mass is 10.1. The molecular formula is C21H16ClN3OS. The number of carbonyl (C=O) groups is 1. The zero-order chi connectivity index (χ0) is 18.6. The highest BCUT2D eigenvalue weighted by atomic mass is 35.5. The normalized spacial score (nSPS) is 10.9. The number of amides is 1. The molecule has 4 nitrogen and oxygen atoms in total. The maximum atomic E-state index is 12.5. The molecule has 4 rings (SSSR count). The van der Waals surface area contributed by atoms with Crippen molar-refractivity contribution in [2.24, 2.45) is 0 Å². The SMILES string of the molecule is O=C(CSc1nccn1-c1cccc(Cl)c1)Nc1cccc2ccccc12. The Morgan fingerprint density at radius 3 is 2.78 bits per heavy atom. The van der Waals surface area contributed by atoms with E-state index in [1.807, 2.05) is 77.5 Å². The molecule has 1 N–H and O–H groups in total. The number of anilines is 1. The summed E-state index contributed by atoms with van der Waals surface area (Å²) in [5.74, 6) is 0.192. The van der Waals surface area contributed by atoms with Gasteiger partial charge in [-0.2, -0.15) is 0 Å². The highest BCUT2D eigenvalue weighted by molar-refractivity contribution is 7.99. The first-order valence-corrected chi connectivity index (χ1v) is 9.77. The molecule has 1 amide bonds. The second-order valence-corrected chi connectivity index (χ2v) is 7.30. The number of thioether (sulfide) groups is 1. The van der Waals surface area contributed by atoms with Crippen molar-refractivity contribution in [2.75, 3.05) is 11.1 Å². The summed E-state index contributed by atoms with van der Waals surface area (Å²) in [4.78, 5) is 16.8. The van der Waals surface area contributed by atoms with Crippen LogP contribution < -0.4 is 5.32 Å². The molecule has 0 fully saturated rings. The Morgan fingerprint density at radius 1 is 1.07 bits per heavy atom. The summed E-state index contributed by atoms with van der Waals surface area (Å²) in [5.41, 5.74) is 1.73. The fourth-order valence-electron chi connectivity index (χ4n) is 2.87. The minimum absolute atomic E-state index is 0.0722. The summed E-state index contributed by atoms with van der Waals surface area (Å²) in [5, 5.41) is 6.52. The van der Waals surface area contributed by atoms with E-state index in [4.69, 9.17) is 11.6 Å². The van der Waals surface area contributed by atoms with Gasteiger partial charge in [0.15, 0.2) is 5.16 Å². The quantitative estimate of drug-likeness (QED) is 0.461. The van der Waals surface area contributed by atoms with Gasteiger partial charge < -0.3 is 5.32 Å². The van der Waals surface area contributed by atoms with Crippen LogP contribution in [0.3, 0.4) is 0 Å². The van der Waals surface area contributed by atoms with Gasteiger partial charge in [0.05, 0.1) is 5.75 Å². The molecule has 1 aromatic heterocycles. The molecule has 0 atom stereocenters. The van der Waals surface area contributed by atoms with Crippen molar-refractivity contribution in [1.82, 2.24) is 9.55 Å². The summed E-state index contributed by atoms with van der Waals surface area (Å²) in [7, 11) is 0. The van der Waals surface area contributed by atoms with Crippen LogP contribution >= 0.6 is 23.4 Å². The molecule has 0 unspecified atom stereocenters. The summed E-state index contributed by atoms with van der Waals surface area (Å²) < 4.78 is 1.92. The third-order valence-corrected chi connectivity index (χ3v) is 5.29. The van der Waals surface area contributed by atoms with Gasteiger partial charge in [0, 0.05) is 34.2 Å². The Labute approximate surface area is 166 Å². The zero-order valence-electron chi connectivity index (χ0n) is 14.3. The molecule has 0 spiro atoms. The van der Waals surface area contributed by atoms with Crippen molar-refractivity contribution in [1.29, 1.82) is 0 Å².